The van der Waals surface area contributed by atoms with Crippen LogP contribution in [0.1, 0.15) is 16.3 Å². The number of nitrogens with two attached hydrogens (primary N) is 1. The molecule has 0 atom stereocenters. The largest absolute Gasteiger partial charge is 0.399 e. The van der Waals surface area contributed by atoms with Crippen LogP contribution in [-0.4, -0.2) is 19.9 Å². The highest BCUT2D eigenvalue weighted by atomic mass is 32.2. The number of thiazole rings is 1. The van der Waals surface area contributed by atoms with Crippen molar-refractivity contribution >= 4 is 27.0 Å². The Hall–Kier alpha value is -1.44. The van der Waals surface area contributed by atoms with Crippen molar-refractivity contribution in [2.24, 2.45) is 0 Å². The summed E-state index contributed by atoms with van der Waals surface area (Å²) in [6, 6.07) is 6.84. The minimum absolute atomic E-state index is 0.0375. The number of nitrogens with zero attached hydrogens (tertiary/aromatic N) is 1. The smallest absolute Gasteiger partial charge is 0.215 e. The minimum Gasteiger partial charge on any atom is -0.399 e. The summed E-state index contributed by atoms with van der Waals surface area (Å²) in [5.74, 6) is -0.0375. The van der Waals surface area contributed by atoms with Gasteiger partial charge in [0.05, 0.1) is 10.8 Å². The molecule has 0 spiro atoms. The Balaban J connectivity index is 1.86. The van der Waals surface area contributed by atoms with Gasteiger partial charge in [0.25, 0.3) is 0 Å². The molecule has 0 unspecified atom stereocenters. The molecule has 0 aliphatic carbocycles. The second kappa shape index (κ2) is 6.34. The van der Waals surface area contributed by atoms with Crippen molar-refractivity contribution in [2.45, 2.75) is 19.1 Å². The summed E-state index contributed by atoms with van der Waals surface area (Å²) in [6.45, 7) is 2.29. The highest BCUT2D eigenvalue weighted by Gasteiger charge is 2.11. The van der Waals surface area contributed by atoms with E-state index >= 15 is 0 Å². The molecule has 0 saturated heterocycles. The van der Waals surface area contributed by atoms with Gasteiger partial charge in [-0.1, -0.05) is 12.1 Å². The monoisotopic (exact) mass is 311 g/mol. The number of anilines is 1. The van der Waals surface area contributed by atoms with Gasteiger partial charge < -0.3 is 5.73 Å². The van der Waals surface area contributed by atoms with Crippen LogP contribution >= 0.6 is 11.3 Å². The van der Waals surface area contributed by atoms with E-state index in [1.807, 2.05) is 12.3 Å². The Kier molecular flexibility index (Phi) is 4.74. The van der Waals surface area contributed by atoms with E-state index in [1.54, 1.807) is 35.6 Å². The van der Waals surface area contributed by atoms with Crippen LogP contribution in [0.2, 0.25) is 0 Å². The molecule has 1 aromatic carbocycles. The molecule has 2 rings (SSSR count). The maximum Gasteiger partial charge on any atom is 0.215 e. The number of benzene rings is 1. The third-order valence-electron chi connectivity index (χ3n) is 2.66. The maximum atomic E-state index is 11.9. The van der Waals surface area contributed by atoms with E-state index in [1.165, 1.54) is 0 Å². The Morgan fingerprint density at radius 3 is 2.60 bits per heavy atom. The van der Waals surface area contributed by atoms with Crippen LogP contribution in [0.15, 0.2) is 29.6 Å². The molecular weight excluding hydrogens is 294 g/mol. The molecule has 0 radical (unpaired) electrons. The minimum atomic E-state index is -3.32. The summed E-state index contributed by atoms with van der Waals surface area (Å²) in [5.41, 5.74) is 7.88. The van der Waals surface area contributed by atoms with Gasteiger partial charge in [-0.3, -0.25) is 0 Å². The molecule has 0 amide bonds. The average molecular weight is 311 g/mol. The number of hydrogen-bond acceptors (Lipinski definition) is 5. The first-order valence-corrected chi connectivity index (χ1v) is 8.70. The zero-order valence-corrected chi connectivity index (χ0v) is 12.8. The first-order valence-electron chi connectivity index (χ1n) is 6.17. The maximum absolute atomic E-state index is 11.9. The summed E-state index contributed by atoms with van der Waals surface area (Å²) in [6.07, 6.45) is 0.611. The zero-order chi connectivity index (χ0) is 14.6. The van der Waals surface area contributed by atoms with Gasteiger partial charge in [-0.05, 0) is 24.6 Å². The summed E-state index contributed by atoms with van der Waals surface area (Å²) in [5, 5.41) is 2.90. The van der Waals surface area contributed by atoms with Crippen molar-refractivity contribution in [2.75, 3.05) is 12.3 Å². The lowest BCUT2D eigenvalue weighted by Gasteiger charge is -2.06. The number of rotatable bonds is 6. The van der Waals surface area contributed by atoms with Gasteiger partial charge >= 0.3 is 0 Å². The molecule has 0 saturated carbocycles. The molecule has 2 aromatic rings. The molecule has 1 heterocycles. The van der Waals surface area contributed by atoms with Gasteiger partial charge in [-0.25, -0.2) is 18.1 Å². The fourth-order valence-corrected chi connectivity index (χ4v) is 3.64. The molecule has 3 N–H and O–H groups in total. The van der Waals surface area contributed by atoms with Gasteiger partial charge in [0.1, 0.15) is 0 Å². The van der Waals surface area contributed by atoms with Crippen molar-refractivity contribution in [1.82, 2.24) is 9.71 Å². The van der Waals surface area contributed by atoms with Crippen LogP contribution in [0.5, 0.6) is 0 Å². The molecule has 0 fully saturated rings. The predicted octanol–water partition coefficient (Wildman–Crippen LogP) is 1.70. The zero-order valence-electron chi connectivity index (χ0n) is 11.2. The standard InChI is InChI=1S/C13H17N3O2S2/c1-10-8-19-13(16-10)6-7-15-20(17,18)9-11-2-4-12(14)5-3-11/h2-5,8,15H,6-7,9,14H2,1H3. The quantitative estimate of drug-likeness (QED) is 0.795. The molecule has 0 aliphatic heterocycles. The van der Waals surface area contributed by atoms with E-state index in [2.05, 4.69) is 9.71 Å². The Morgan fingerprint density at radius 2 is 2.00 bits per heavy atom. The fraction of sp³-hybridized carbons (Fsp3) is 0.308. The third-order valence-corrected chi connectivity index (χ3v) is 5.05. The van der Waals surface area contributed by atoms with Gasteiger partial charge in [0.2, 0.25) is 10.0 Å². The predicted molar refractivity (Wildman–Crippen MR) is 82.0 cm³/mol. The Morgan fingerprint density at radius 1 is 1.30 bits per heavy atom. The molecule has 1 aromatic heterocycles. The van der Waals surface area contributed by atoms with Crippen LogP contribution in [0.4, 0.5) is 5.69 Å². The lowest BCUT2D eigenvalue weighted by molar-refractivity contribution is 0.580. The van der Waals surface area contributed by atoms with E-state index in [4.69, 9.17) is 5.73 Å². The molecule has 5 nitrogen and oxygen atoms in total. The topological polar surface area (TPSA) is 85.1 Å². The van der Waals surface area contributed by atoms with Crippen molar-refractivity contribution in [3.8, 4) is 0 Å². The van der Waals surface area contributed by atoms with Gasteiger partial charge in [0.15, 0.2) is 0 Å². The van der Waals surface area contributed by atoms with Crippen LogP contribution in [0, 0.1) is 6.92 Å². The summed E-state index contributed by atoms with van der Waals surface area (Å²) in [7, 11) is -3.32. The number of aromatic nitrogens is 1. The van der Waals surface area contributed by atoms with Crippen molar-refractivity contribution < 1.29 is 8.42 Å². The number of nitrogens with one attached hydrogen (secondary N) is 1. The lowest BCUT2D eigenvalue weighted by Crippen LogP contribution is -2.27. The second-order valence-electron chi connectivity index (χ2n) is 4.53. The van der Waals surface area contributed by atoms with Gasteiger partial charge in [-0.2, -0.15) is 0 Å². The van der Waals surface area contributed by atoms with Crippen molar-refractivity contribution in [3.63, 3.8) is 0 Å². The number of sulfonamides is 1. The van der Waals surface area contributed by atoms with Gasteiger partial charge in [0, 0.05) is 29.7 Å². The summed E-state index contributed by atoms with van der Waals surface area (Å²) < 4.78 is 26.4. The Bertz CT molecular complexity index is 663. The Labute approximate surface area is 122 Å². The molecule has 20 heavy (non-hydrogen) atoms. The third kappa shape index (κ3) is 4.59. The van der Waals surface area contributed by atoms with Crippen LogP contribution < -0.4 is 10.5 Å². The van der Waals surface area contributed by atoms with Crippen LogP contribution in [0.25, 0.3) is 0 Å². The van der Waals surface area contributed by atoms with E-state index in [0.29, 0.717) is 18.7 Å². The van der Waals surface area contributed by atoms with Gasteiger partial charge in [-0.15, -0.1) is 11.3 Å². The van der Waals surface area contributed by atoms with Crippen LogP contribution in [0.3, 0.4) is 0 Å². The average Bonchev–Trinajstić information content (AvgIpc) is 2.77. The summed E-state index contributed by atoms with van der Waals surface area (Å²) >= 11 is 1.55. The first-order chi connectivity index (χ1) is 9.44. The summed E-state index contributed by atoms with van der Waals surface area (Å²) in [4.78, 5) is 4.29. The lowest BCUT2D eigenvalue weighted by atomic mass is 10.2. The number of aryl methyl sites for hydroxylation is 1. The molecular formula is C13H17N3O2S2. The number of hydrogen-bond donors (Lipinski definition) is 2. The number of nitrogen functional groups attached to an aromatic ring is 1. The first kappa shape index (κ1) is 15.0. The molecule has 0 bridgehead atoms. The highest BCUT2D eigenvalue weighted by molar-refractivity contribution is 7.88. The highest BCUT2D eigenvalue weighted by Crippen LogP contribution is 2.10. The second-order valence-corrected chi connectivity index (χ2v) is 7.28. The molecule has 7 heteroatoms. The van der Waals surface area contributed by atoms with Crippen LogP contribution in [-0.2, 0) is 22.2 Å². The molecule has 108 valence electrons. The SMILES string of the molecule is Cc1csc(CCNS(=O)(=O)Cc2ccc(N)cc2)n1. The van der Waals surface area contributed by atoms with Crippen molar-refractivity contribution in [1.29, 1.82) is 0 Å². The fourth-order valence-electron chi connectivity index (χ4n) is 1.72. The normalized spacial score (nSPS) is 11.7. The van der Waals surface area contributed by atoms with E-state index in [9.17, 15) is 8.42 Å². The van der Waals surface area contributed by atoms with Crippen molar-refractivity contribution in [3.05, 3.63) is 45.9 Å². The molecule has 0 aliphatic rings. The van der Waals surface area contributed by atoms with E-state index in [0.717, 1.165) is 16.3 Å². The van der Waals surface area contributed by atoms with E-state index in [-0.39, 0.29) is 5.75 Å². The van der Waals surface area contributed by atoms with E-state index < -0.39 is 10.0 Å².